The van der Waals surface area contributed by atoms with E-state index >= 15 is 0 Å². The smallest absolute Gasteiger partial charge is 0.267 e. The first-order valence-electron chi connectivity index (χ1n) is 6.80. The maximum Gasteiger partial charge on any atom is 0.267 e. The standard InChI is InChI=1S/C17H13ClFN3O2/c1-24-16-7-6-14(8-15(16)18)22-17(23)11(9-20)10-21-13-4-2-12(19)3-5-13/h2-8,10,21H,1H3,(H,22,23)/b11-10-. The van der Waals surface area contributed by atoms with Gasteiger partial charge in [0.2, 0.25) is 0 Å². The van der Waals surface area contributed by atoms with Crippen LogP contribution in [-0.4, -0.2) is 13.0 Å². The van der Waals surface area contributed by atoms with Crippen molar-refractivity contribution < 1.29 is 13.9 Å². The topological polar surface area (TPSA) is 74.1 Å². The zero-order valence-electron chi connectivity index (χ0n) is 12.6. The van der Waals surface area contributed by atoms with Crippen LogP contribution in [0.2, 0.25) is 5.02 Å². The number of carbonyl (C=O) groups excluding carboxylic acids is 1. The number of carbonyl (C=O) groups is 1. The van der Waals surface area contributed by atoms with E-state index in [-0.39, 0.29) is 11.4 Å². The van der Waals surface area contributed by atoms with Crippen LogP contribution in [-0.2, 0) is 4.79 Å². The summed E-state index contributed by atoms with van der Waals surface area (Å²) in [6.45, 7) is 0. The van der Waals surface area contributed by atoms with Gasteiger partial charge in [-0.25, -0.2) is 4.39 Å². The number of halogens is 2. The molecule has 0 bridgehead atoms. The van der Waals surface area contributed by atoms with E-state index in [0.717, 1.165) is 0 Å². The van der Waals surface area contributed by atoms with Crippen LogP contribution in [0.4, 0.5) is 15.8 Å². The largest absolute Gasteiger partial charge is 0.495 e. The van der Waals surface area contributed by atoms with Crippen LogP contribution in [0.1, 0.15) is 0 Å². The summed E-state index contributed by atoms with van der Waals surface area (Å²) in [5, 5.41) is 14.8. The van der Waals surface area contributed by atoms with Gasteiger partial charge in [0, 0.05) is 17.6 Å². The summed E-state index contributed by atoms with van der Waals surface area (Å²) in [6.07, 6.45) is 1.24. The van der Waals surface area contributed by atoms with Gasteiger partial charge in [0.25, 0.3) is 5.91 Å². The molecular weight excluding hydrogens is 333 g/mol. The van der Waals surface area contributed by atoms with Gasteiger partial charge in [-0.15, -0.1) is 0 Å². The van der Waals surface area contributed by atoms with E-state index in [2.05, 4.69) is 10.6 Å². The normalized spacial score (nSPS) is 10.7. The van der Waals surface area contributed by atoms with Crippen LogP contribution in [0.25, 0.3) is 0 Å². The Morgan fingerprint density at radius 2 is 1.92 bits per heavy atom. The fraction of sp³-hybridized carbons (Fsp3) is 0.0588. The molecule has 0 unspecified atom stereocenters. The van der Waals surface area contributed by atoms with Gasteiger partial charge in [-0.05, 0) is 42.5 Å². The van der Waals surface area contributed by atoms with Gasteiger partial charge in [-0.3, -0.25) is 4.79 Å². The molecule has 2 rings (SSSR count). The van der Waals surface area contributed by atoms with Crippen LogP contribution >= 0.6 is 11.6 Å². The molecule has 5 nitrogen and oxygen atoms in total. The Hall–Kier alpha value is -3.04. The molecule has 0 radical (unpaired) electrons. The molecule has 2 aromatic carbocycles. The van der Waals surface area contributed by atoms with Crippen molar-refractivity contribution in [2.75, 3.05) is 17.7 Å². The van der Waals surface area contributed by atoms with Crippen molar-refractivity contribution in [1.29, 1.82) is 5.26 Å². The molecule has 2 N–H and O–H groups in total. The monoisotopic (exact) mass is 345 g/mol. The summed E-state index contributed by atoms with van der Waals surface area (Å²) < 4.78 is 17.9. The van der Waals surface area contributed by atoms with Gasteiger partial charge < -0.3 is 15.4 Å². The van der Waals surface area contributed by atoms with Crippen LogP contribution in [0.15, 0.2) is 54.2 Å². The number of anilines is 2. The van der Waals surface area contributed by atoms with E-state index in [1.807, 2.05) is 0 Å². The third-order valence-corrected chi connectivity index (χ3v) is 3.30. The second kappa shape index (κ2) is 7.99. The molecule has 24 heavy (non-hydrogen) atoms. The fourth-order valence-corrected chi connectivity index (χ4v) is 2.05. The average molecular weight is 346 g/mol. The second-order valence-electron chi connectivity index (χ2n) is 4.62. The van der Waals surface area contributed by atoms with Crippen LogP contribution in [0.3, 0.4) is 0 Å². The molecule has 0 aliphatic carbocycles. The summed E-state index contributed by atoms with van der Waals surface area (Å²) >= 11 is 5.98. The van der Waals surface area contributed by atoms with E-state index in [1.54, 1.807) is 18.2 Å². The Labute approximate surface area is 143 Å². The number of nitrogens with zero attached hydrogens (tertiary/aromatic N) is 1. The molecule has 7 heteroatoms. The number of hydrogen-bond donors (Lipinski definition) is 2. The number of benzene rings is 2. The number of hydrogen-bond acceptors (Lipinski definition) is 4. The number of nitriles is 1. The summed E-state index contributed by atoms with van der Waals surface area (Å²) in [4.78, 5) is 12.1. The van der Waals surface area contributed by atoms with Crippen LogP contribution in [0.5, 0.6) is 5.75 Å². The van der Waals surface area contributed by atoms with E-state index in [9.17, 15) is 9.18 Å². The Morgan fingerprint density at radius 3 is 2.50 bits per heavy atom. The molecule has 0 fully saturated rings. The Morgan fingerprint density at radius 1 is 1.25 bits per heavy atom. The molecule has 0 aliphatic heterocycles. The van der Waals surface area contributed by atoms with Gasteiger partial charge in [-0.2, -0.15) is 5.26 Å². The second-order valence-corrected chi connectivity index (χ2v) is 5.03. The van der Waals surface area contributed by atoms with E-state index in [0.29, 0.717) is 22.1 Å². The Balaban J connectivity index is 2.08. The van der Waals surface area contributed by atoms with E-state index < -0.39 is 5.91 Å². The fourth-order valence-electron chi connectivity index (χ4n) is 1.79. The molecule has 1 amide bonds. The molecule has 0 aliphatic rings. The predicted molar refractivity (Wildman–Crippen MR) is 90.4 cm³/mol. The summed E-state index contributed by atoms with van der Waals surface area (Å²) in [5.41, 5.74) is 0.824. The van der Waals surface area contributed by atoms with Crippen molar-refractivity contribution >= 4 is 28.9 Å². The summed E-state index contributed by atoms with van der Waals surface area (Å²) in [7, 11) is 1.48. The Kier molecular flexibility index (Phi) is 5.77. The molecule has 0 atom stereocenters. The maximum atomic E-state index is 12.8. The highest BCUT2D eigenvalue weighted by Gasteiger charge is 2.10. The number of amides is 1. The van der Waals surface area contributed by atoms with Crippen LogP contribution in [0, 0.1) is 17.1 Å². The highest BCUT2D eigenvalue weighted by Crippen LogP contribution is 2.27. The van der Waals surface area contributed by atoms with Crippen molar-refractivity contribution in [3.8, 4) is 11.8 Å². The molecule has 2 aromatic rings. The van der Waals surface area contributed by atoms with Crippen molar-refractivity contribution in [3.05, 3.63) is 65.1 Å². The van der Waals surface area contributed by atoms with Crippen molar-refractivity contribution in [2.24, 2.45) is 0 Å². The van der Waals surface area contributed by atoms with Gasteiger partial charge in [0.1, 0.15) is 23.2 Å². The first-order chi connectivity index (χ1) is 11.5. The minimum atomic E-state index is -0.603. The van der Waals surface area contributed by atoms with Crippen molar-refractivity contribution in [3.63, 3.8) is 0 Å². The molecular formula is C17H13ClFN3O2. The zero-order chi connectivity index (χ0) is 17.5. The van der Waals surface area contributed by atoms with Gasteiger partial charge >= 0.3 is 0 Å². The first kappa shape index (κ1) is 17.3. The highest BCUT2D eigenvalue weighted by molar-refractivity contribution is 6.32. The maximum absolute atomic E-state index is 12.8. The third kappa shape index (κ3) is 4.48. The summed E-state index contributed by atoms with van der Waals surface area (Å²) in [5.74, 6) is -0.504. The minimum absolute atomic E-state index is 0.147. The van der Waals surface area contributed by atoms with E-state index in [4.69, 9.17) is 21.6 Å². The van der Waals surface area contributed by atoms with E-state index in [1.165, 1.54) is 43.6 Å². The van der Waals surface area contributed by atoms with Gasteiger partial charge in [-0.1, -0.05) is 11.6 Å². The summed E-state index contributed by atoms with van der Waals surface area (Å²) in [6, 6.07) is 12.0. The molecule has 0 saturated carbocycles. The lowest BCUT2D eigenvalue weighted by Gasteiger charge is -2.08. The van der Waals surface area contributed by atoms with Crippen LogP contribution < -0.4 is 15.4 Å². The SMILES string of the molecule is COc1ccc(NC(=O)/C(C#N)=C\Nc2ccc(F)cc2)cc1Cl. The zero-order valence-corrected chi connectivity index (χ0v) is 13.4. The first-order valence-corrected chi connectivity index (χ1v) is 7.18. The molecule has 122 valence electrons. The minimum Gasteiger partial charge on any atom is -0.495 e. The van der Waals surface area contributed by atoms with Crippen molar-refractivity contribution in [2.45, 2.75) is 0 Å². The lowest BCUT2D eigenvalue weighted by molar-refractivity contribution is -0.112. The lowest BCUT2D eigenvalue weighted by atomic mass is 10.2. The predicted octanol–water partition coefficient (Wildman–Crippen LogP) is 3.95. The van der Waals surface area contributed by atoms with Crippen molar-refractivity contribution in [1.82, 2.24) is 0 Å². The number of rotatable bonds is 5. The number of ether oxygens (including phenoxy) is 1. The van der Waals surface area contributed by atoms with Gasteiger partial charge in [0.15, 0.2) is 0 Å². The quantitative estimate of drug-likeness (QED) is 0.635. The lowest BCUT2D eigenvalue weighted by Crippen LogP contribution is -2.14. The number of nitrogens with one attached hydrogen (secondary N) is 2. The highest BCUT2D eigenvalue weighted by atomic mass is 35.5. The Bertz CT molecular complexity index is 814. The molecule has 0 spiro atoms. The van der Waals surface area contributed by atoms with Gasteiger partial charge in [0.05, 0.1) is 12.1 Å². The molecule has 0 saturated heterocycles. The third-order valence-electron chi connectivity index (χ3n) is 3.00. The molecule has 0 heterocycles. The molecule has 0 aromatic heterocycles. The number of methoxy groups -OCH3 is 1. The average Bonchev–Trinajstić information content (AvgIpc) is 2.57.